The highest BCUT2D eigenvalue weighted by Gasteiger charge is 2.53. The molecule has 1 aromatic heterocycles. The Balaban J connectivity index is 1.52. The van der Waals surface area contributed by atoms with Crippen LogP contribution in [0.15, 0.2) is 33.7 Å². The molecule has 0 unspecified atom stereocenters. The number of aryl methyl sites for hydroxylation is 2. The lowest BCUT2D eigenvalue weighted by Crippen LogP contribution is -2.42. The third-order valence-electron chi connectivity index (χ3n) is 5.84. The van der Waals surface area contributed by atoms with Crippen LogP contribution in [0, 0.1) is 13.8 Å². The lowest BCUT2D eigenvalue weighted by molar-refractivity contribution is -0.133. The molecular formula is C20H24ClN3O4S. The summed E-state index contributed by atoms with van der Waals surface area (Å²) in [6.45, 7) is 4.74. The van der Waals surface area contributed by atoms with Crippen LogP contribution in [0.2, 0.25) is 5.02 Å². The standard InChI is InChI=1S/C20H24ClN3O4S/c1-14-18(15(2)28-22-14)29(26,27)24-10-4-9-23(11-12-24)19(25)20(7-8-20)16-5-3-6-17(21)13-16/h3,5-6,13H,4,7-12H2,1-2H3. The van der Waals surface area contributed by atoms with Gasteiger partial charge in [0.15, 0.2) is 5.76 Å². The number of hydrogen-bond donors (Lipinski definition) is 0. The van der Waals surface area contributed by atoms with Crippen molar-refractivity contribution >= 4 is 27.5 Å². The first kappa shape index (κ1) is 20.4. The fraction of sp³-hybridized carbons (Fsp3) is 0.500. The molecule has 9 heteroatoms. The number of benzene rings is 1. The minimum absolute atomic E-state index is 0.0661. The monoisotopic (exact) mass is 437 g/mol. The van der Waals surface area contributed by atoms with Crippen molar-refractivity contribution in [3.8, 4) is 0 Å². The number of nitrogens with zero attached hydrogens (tertiary/aromatic N) is 3. The third kappa shape index (κ3) is 3.58. The molecule has 1 aromatic carbocycles. The van der Waals surface area contributed by atoms with Crippen molar-refractivity contribution in [2.45, 2.75) is 43.4 Å². The Kier molecular flexibility index (Phi) is 5.21. The smallest absolute Gasteiger partial charge is 0.248 e. The zero-order chi connectivity index (χ0) is 20.8. The summed E-state index contributed by atoms with van der Waals surface area (Å²) in [5.74, 6) is 0.355. The summed E-state index contributed by atoms with van der Waals surface area (Å²) in [5, 5.41) is 4.39. The van der Waals surface area contributed by atoms with Crippen LogP contribution in [0.25, 0.3) is 0 Å². The molecule has 1 saturated heterocycles. The molecule has 2 fully saturated rings. The van der Waals surface area contributed by atoms with Crippen molar-refractivity contribution in [2.24, 2.45) is 0 Å². The second kappa shape index (κ2) is 7.41. The van der Waals surface area contributed by atoms with Crippen LogP contribution in [0.5, 0.6) is 0 Å². The van der Waals surface area contributed by atoms with Crippen molar-refractivity contribution in [3.63, 3.8) is 0 Å². The van der Waals surface area contributed by atoms with E-state index < -0.39 is 15.4 Å². The van der Waals surface area contributed by atoms with Gasteiger partial charge in [-0.15, -0.1) is 0 Å². The van der Waals surface area contributed by atoms with Gasteiger partial charge in [-0.25, -0.2) is 8.42 Å². The van der Waals surface area contributed by atoms with Gasteiger partial charge in [-0.2, -0.15) is 4.31 Å². The van der Waals surface area contributed by atoms with E-state index in [-0.39, 0.29) is 23.1 Å². The lowest BCUT2D eigenvalue weighted by atomic mass is 9.94. The van der Waals surface area contributed by atoms with Crippen molar-refractivity contribution in [2.75, 3.05) is 26.2 Å². The van der Waals surface area contributed by atoms with E-state index in [1.54, 1.807) is 24.8 Å². The number of carbonyl (C=O) groups is 1. The number of aromatic nitrogens is 1. The van der Waals surface area contributed by atoms with Gasteiger partial charge in [0.25, 0.3) is 0 Å². The van der Waals surface area contributed by atoms with E-state index in [9.17, 15) is 13.2 Å². The fourth-order valence-corrected chi connectivity index (χ4v) is 6.10. The number of hydrogen-bond acceptors (Lipinski definition) is 5. The molecular weight excluding hydrogens is 414 g/mol. The molecule has 2 aromatic rings. The average Bonchev–Trinajstić information content (AvgIpc) is 3.45. The molecule has 0 spiro atoms. The Labute approximate surface area is 175 Å². The maximum Gasteiger partial charge on any atom is 0.248 e. The van der Waals surface area contributed by atoms with Gasteiger partial charge in [0, 0.05) is 31.2 Å². The quantitative estimate of drug-likeness (QED) is 0.734. The van der Waals surface area contributed by atoms with E-state index in [2.05, 4.69) is 5.16 Å². The molecule has 156 valence electrons. The number of amides is 1. The summed E-state index contributed by atoms with van der Waals surface area (Å²) in [6, 6.07) is 7.47. The van der Waals surface area contributed by atoms with Gasteiger partial charge in [0.05, 0.1) is 5.41 Å². The molecule has 1 saturated carbocycles. The predicted octanol–water partition coefficient (Wildman–Crippen LogP) is 2.90. The molecule has 0 radical (unpaired) electrons. The van der Waals surface area contributed by atoms with Crippen LogP contribution in [-0.2, 0) is 20.2 Å². The highest BCUT2D eigenvalue weighted by atomic mass is 35.5. The minimum atomic E-state index is -3.71. The summed E-state index contributed by atoms with van der Waals surface area (Å²) >= 11 is 6.13. The van der Waals surface area contributed by atoms with Gasteiger partial charge in [-0.3, -0.25) is 4.79 Å². The van der Waals surface area contributed by atoms with E-state index >= 15 is 0 Å². The highest BCUT2D eigenvalue weighted by Crippen LogP contribution is 2.50. The maximum absolute atomic E-state index is 13.3. The largest absolute Gasteiger partial charge is 0.360 e. The minimum Gasteiger partial charge on any atom is -0.360 e. The Bertz CT molecular complexity index is 1030. The molecule has 29 heavy (non-hydrogen) atoms. The molecule has 0 bridgehead atoms. The van der Waals surface area contributed by atoms with Crippen LogP contribution < -0.4 is 0 Å². The number of sulfonamides is 1. The number of halogens is 1. The topological polar surface area (TPSA) is 83.7 Å². The van der Waals surface area contributed by atoms with E-state index in [1.807, 2.05) is 18.2 Å². The van der Waals surface area contributed by atoms with Crippen LogP contribution >= 0.6 is 11.6 Å². The molecule has 0 N–H and O–H groups in total. The highest BCUT2D eigenvalue weighted by molar-refractivity contribution is 7.89. The predicted molar refractivity (Wildman–Crippen MR) is 108 cm³/mol. The third-order valence-corrected chi connectivity index (χ3v) is 8.22. The molecule has 4 rings (SSSR count). The fourth-order valence-electron chi connectivity index (χ4n) is 4.15. The average molecular weight is 438 g/mol. The van der Waals surface area contributed by atoms with Gasteiger partial charge < -0.3 is 9.42 Å². The zero-order valence-electron chi connectivity index (χ0n) is 16.5. The first-order valence-corrected chi connectivity index (χ1v) is 11.6. The van der Waals surface area contributed by atoms with Crippen LogP contribution in [-0.4, -0.2) is 54.9 Å². The van der Waals surface area contributed by atoms with Crippen LogP contribution in [0.1, 0.15) is 36.3 Å². The molecule has 2 heterocycles. The molecule has 7 nitrogen and oxygen atoms in total. The maximum atomic E-state index is 13.3. The van der Waals surface area contributed by atoms with Gasteiger partial charge in [0.1, 0.15) is 10.6 Å². The summed E-state index contributed by atoms with van der Waals surface area (Å²) in [4.78, 5) is 15.3. The lowest BCUT2D eigenvalue weighted by Gasteiger charge is -2.26. The Hall–Kier alpha value is -1.90. The summed E-state index contributed by atoms with van der Waals surface area (Å²) in [7, 11) is -3.71. The summed E-state index contributed by atoms with van der Waals surface area (Å²) in [6.07, 6.45) is 2.17. The first-order valence-electron chi connectivity index (χ1n) is 9.74. The van der Waals surface area contributed by atoms with Gasteiger partial charge in [-0.1, -0.05) is 28.9 Å². The van der Waals surface area contributed by atoms with Gasteiger partial charge >= 0.3 is 0 Å². The molecule has 0 atom stereocenters. The van der Waals surface area contributed by atoms with E-state index in [0.717, 1.165) is 18.4 Å². The number of rotatable bonds is 4. The van der Waals surface area contributed by atoms with Crippen molar-refractivity contribution in [1.82, 2.24) is 14.4 Å². The van der Waals surface area contributed by atoms with E-state index in [1.165, 1.54) is 4.31 Å². The molecule has 2 aliphatic rings. The van der Waals surface area contributed by atoms with Gasteiger partial charge in [-0.05, 0) is 50.8 Å². The van der Waals surface area contributed by atoms with Crippen molar-refractivity contribution < 1.29 is 17.7 Å². The van der Waals surface area contributed by atoms with Crippen molar-refractivity contribution in [1.29, 1.82) is 0 Å². The SMILES string of the molecule is Cc1noc(C)c1S(=O)(=O)N1CCCN(C(=O)C2(c3cccc(Cl)c3)CC2)CC1. The zero-order valence-corrected chi connectivity index (χ0v) is 18.1. The molecule has 1 aliphatic carbocycles. The van der Waals surface area contributed by atoms with Gasteiger partial charge in [0.2, 0.25) is 15.9 Å². The summed E-state index contributed by atoms with van der Waals surface area (Å²) < 4.78 is 32.7. The number of carbonyl (C=O) groups excluding carboxylic acids is 1. The molecule has 1 amide bonds. The van der Waals surface area contributed by atoms with Crippen LogP contribution in [0.3, 0.4) is 0 Å². The van der Waals surface area contributed by atoms with Crippen LogP contribution in [0.4, 0.5) is 0 Å². The van der Waals surface area contributed by atoms with E-state index in [0.29, 0.717) is 36.8 Å². The molecule has 1 aliphatic heterocycles. The Morgan fingerprint density at radius 3 is 2.55 bits per heavy atom. The van der Waals surface area contributed by atoms with E-state index in [4.69, 9.17) is 16.1 Å². The first-order chi connectivity index (χ1) is 13.8. The second-order valence-electron chi connectivity index (χ2n) is 7.80. The Morgan fingerprint density at radius 2 is 1.93 bits per heavy atom. The normalized spacial score (nSPS) is 19.8. The summed E-state index contributed by atoms with van der Waals surface area (Å²) in [5.41, 5.74) is 0.789. The van der Waals surface area contributed by atoms with Crippen molar-refractivity contribution in [3.05, 3.63) is 46.3 Å². The Morgan fingerprint density at radius 1 is 1.17 bits per heavy atom. The second-order valence-corrected chi connectivity index (χ2v) is 10.1.